The number of rotatable bonds is 7. The number of aliphatic carboxylic acids is 1. The Morgan fingerprint density at radius 2 is 1.91 bits per heavy atom. The zero-order chi connectivity index (χ0) is 23.5. The molecule has 170 valence electrons. The number of aryl methyl sites for hydroxylation is 1. The molecule has 1 aromatic heterocycles. The molecule has 2 aromatic carbocycles. The summed E-state index contributed by atoms with van der Waals surface area (Å²) in [5, 5.41) is 16.2. The van der Waals surface area contributed by atoms with Gasteiger partial charge in [-0.1, -0.05) is 41.4 Å². The second kappa shape index (κ2) is 9.58. The van der Waals surface area contributed by atoms with Crippen molar-refractivity contribution in [3.63, 3.8) is 0 Å². The number of aromatic nitrogens is 1. The minimum Gasteiger partial charge on any atom is -0.497 e. The SMILES string of the molecule is COc1ccc2cc([C@@H]3CC(c4ccc(C)cc4)=NN3C(=O)CCCC(=O)O)c(Cl)nc2c1. The van der Waals surface area contributed by atoms with Crippen LogP contribution in [0, 0.1) is 6.92 Å². The Bertz CT molecular complexity index is 1240. The number of carbonyl (C=O) groups excluding carboxylic acids is 1. The van der Waals surface area contributed by atoms with Gasteiger partial charge in [0, 0.05) is 36.3 Å². The first-order valence-corrected chi connectivity index (χ1v) is 11.1. The normalized spacial score (nSPS) is 15.5. The Morgan fingerprint density at radius 1 is 1.15 bits per heavy atom. The monoisotopic (exact) mass is 465 g/mol. The third-order valence-electron chi connectivity index (χ3n) is 5.70. The summed E-state index contributed by atoms with van der Waals surface area (Å²) < 4.78 is 5.27. The largest absolute Gasteiger partial charge is 0.497 e. The molecular formula is C25H24ClN3O4. The Kier molecular flexibility index (Phi) is 6.60. The van der Waals surface area contributed by atoms with Crippen LogP contribution in [0.25, 0.3) is 10.9 Å². The Morgan fingerprint density at radius 3 is 2.61 bits per heavy atom. The van der Waals surface area contributed by atoms with Gasteiger partial charge < -0.3 is 9.84 Å². The molecule has 0 saturated carbocycles. The van der Waals surface area contributed by atoms with E-state index in [1.165, 1.54) is 5.01 Å². The van der Waals surface area contributed by atoms with Crippen LogP contribution in [0.1, 0.15) is 48.4 Å². The summed E-state index contributed by atoms with van der Waals surface area (Å²) in [4.78, 5) is 28.5. The summed E-state index contributed by atoms with van der Waals surface area (Å²) in [5.41, 5.74) is 4.23. The van der Waals surface area contributed by atoms with E-state index in [0.717, 1.165) is 22.2 Å². The van der Waals surface area contributed by atoms with Crippen LogP contribution >= 0.6 is 11.6 Å². The van der Waals surface area contributed by atoms with Crippen molar-refractivity contribution in [3.05, 3.63) is 70.4 Å². The molecule has 0 unspecified atom stereocenters. The number of nitrogens with zero attached hydrogens (tertiary/aromatic N) is 3. The van der Waals surface area contributed by atoms with Crippen molar-refractivity contribution < 1.29 is 19.4 Å². The van der Waals surface area contributed by atoms with E-state index in [0.29, 0.717) is 28.4 Å². The number of carbonyl (C=O) groups is 2. The number of ether oxygens (including phenoxy) is 1. The summed E-state index contributed by atoms with van der Waals surface area (Å²) in [7, 11) is 1.59. The fourth-order valence-corrected chi connectivity index (χ4v) is 4.18. The quantitative estimate of drug-likeness (QED) is 0.488. The molecule has 0 fully saturated rings. The van der Waals surface area contributed by atoms with Gasteiger partial charge in [-0.05, 0) is 37.1 Å². The number of amides is 1. The topological polar surface area (TPSA) is 92.1 Å². The van der Waals surface area contributed by atoms with Crippen molar-refractivity contribution in [2.24, 2.45) is 5.10 Å². The van der Waals surface area contributed by atoms with Gasteiger partial charge in [0.25, 0.3) is 0 Å². The van der Waals surface area contributed by atoms with Crippen LogP contribution in [0.3, 0.4) is 0 Å². The summed E-state index contributed by atoms with van der Waals surface area (Å²) in [5.74, 6) is -0.490. The van der Waals surface area contributed by atoms with Gasteiger partial charge >= 0.3 is 5.97 Å². The van der Waals surface area contributed by atoms with E-state index in [4.69, 9.17) is 21.4 Å². The highest BCUT2D eigenvalue weighted by Gasteiger charge is 2.34. The molecule has 1 atom stereocenters. The maximum Gasteiger partial charge on any atom is 0.303 e. The number of carboxylic acid groups (broad SMARTS) is 1. The van der Waals surface area contributed by atoms with Gasteiger partial charge in [-0.25, -0.2) is 9.99 Å². The first-order valence-electron chi connectivity index (χ1n) is 10.7. The maximum atomic E-state index is 13.0. The molecule has 0 spiro atoms. The predicted octanol–water partition coefficient (Wildman–Crippen LogP) is 5.14. The van der Waals surface area contributed by atoms with E-state index >= 15 is 0 Å². The molecule has 1 aliphatic rings. The molecular weight excluding hydrogens is 442 g/mol. The molecule has 8 heteroatoms. The van der Waals surface area contributed by atoms with Crippen molar-refractivity contribution >= 4 is 40.1 Å². The zero-order valence-corrected chi connectivity index (χ0v) is 19.2. The lowest BCUT2D eigenvalue weighted by atomic mass is 9.97. The van der Waals surface area contributed by atoms with E-state index in [9.17, 15) is 9.59 Å². The van der Waals surface area contributed by atoms with Gasteiger partial charge in [0.05, 0.1) is 24.4 Å². The van der Waals surface area contributed by atoms with Gasteiger partial charge in [-0.15, -0.1) is 0 Å². The second-order valence-electron chi connectivity index (χ2n) is 8.05. The molecule has 0 radical (unpaired) electrons. The first-order chi connectivity index (χ1) is 15.9. The number of halogens is 1. The molecule has 33 heavy (non-hydrogen) atoms. The average Bonchev–Trinajstić information content (AvgIpc) is 3.23. The number of benzene rings is 2. The molecule has 0 saturated heterocycles. The third kappa shape index (κ3) is 4.98. The molecule has 2 heterocycles. The zero-order valence-electron chi connectivity index (χ0n) is 18.4. The number of carboxylic acids is 1. The van der Waals surface area contributed by atoms with Crippen LogP contribution in [-0.2, 0) is 9.59 Å². The summed E-state index contributed by atoms with van der Waals surface area (Å²) >= 11 is 6.59. The lowest BCUT2D eigenvalue weighted by Crippen LogP contribution is -2.27. The lowest BCUT2D eigenvalue weighted by molar-refractivity contribution is -0.137. The number of fused-ring (bicyclic) bond motifs is 1. The standard InChI is InChI=1S/C25H24ClN3O4/c1-15-6-8-16(9-7-15)21-14-22(29(28-21)23(30)4-3-5-24(31)32)19-12-17-10-11-18(33-2)13-20(17)27-25(19)26/h6-13,22H,3-5,14H2,1-2H3,(H,31,32)/t22-/m0/s1. The minimum atomic E-state index is -0.929. The highest BCUT2D eigenvalue weighted by atomic mass is 35.5. The van der Waals surface area contributed by atoms with Crippen molar-refractivity contribution in [3.8, 4) is 5.75 Å². The molecule has 3 aromatic rings. The molecule has 4 rings (SSSR count). The predicted molar refractivity (Wildman–Crippen MR) is 127 cm³/mol. The van der Waals surface area contributed by atoms with E-state index in [2.05, 4.69) is 10.1 Å². The summed E-state index contributed by atoms with van der Waals surface area (Å²) in [6, 6.07) is 15.0. The fourth-order valence-electron chi connectivity index (χ4n) is 3.91. The van der Waals surface area contributed by atoms with Crippen LogP contribution in [0.2, 0.25) is 5.15 Å². The molecule has 1 amide bonds. The molecule has 0 bridgehead atoms. The molecule has 1 aliphatic heterocycles. The number of hydrogen-bond donors (Lipinski definition) is 1. The summed E-state index contributed by atoms with van der Waals surface area (Å²) in [6.45, 7) is 2.01. The number of pyridine rings is 1. The number of hydrogen-bond acceptors (Lipinski definition) is 5. The molecule has 1 N–H and O–H groups in total. The van der Waals surface area contributed by atoms with Gasteiger partial charge in [0.2, 0.25) is 5.91 Å². The van der Waals surface area contributed by atoms with Gasteiger partial charge in [-0.3, -0.25) is 9.59 Å². The van der Waals surface area contributed by atoms with Crippen LogP contribution in [0.5, 0.6) is 5.75 Å². The van der Waals surface area contributed by atoms with E-state index in [1.54, 1.807) is 7.11 Å². The van der Waals surface area contributed by atoms with Gasteiger partial charge in [0.1, 0.15) is 10.9 Å². The van der Waals surface area contributed by atoms with Crippen molar-refractivity contribution in [2.75, 3.05) is 7.11 Å². The lowest BCUT2D eigenvalue weighted by Gasteiger charge is -2.23. The Hall–Kier alpha value is -3.45. The Balaban J connectivity index is 1.69. The maximum absolute atomic E-state index is 13.0. The van der Waals surface area contributed by atoms with Crippen LogP contribution in [-0.4, -0.2) is 39.8 Å². The van der Waals surface area contributed by atoms with E-state index in [-0.39, 0.29) is 25.2 Å². The van der Waals surface area contributed by atoms with Crippen LogP contribution in [0.4, 0.5) is 0 Å². The van der Waals surface area contributed by atoms with Gasteiger partial charge in [-0.2, -0.15) is 5.10 Å². The van der Waals surface area contributed by atoms with E-state index < -0.39 is 12.0 Å². The smallest absolute Gasteiger partial charge is 0.303 e. The average molecular weight is 466 g/mol. The van der Waals surface area contributed by atoms with Gasteiger partial charge in [0.15, 0.2) is 0 Å². The molecule has 0 aliphatic carbocycles. The minimum absolute atomic E-state index is 0.0705. The summed E-state index contributed by atoms with van der Waals surface area (Å²) in [6.07, 6.45) is 0.745. The van der Waals surface area contributed by atoms with Crippen molar-refractivity contribution in [2.45, 2.75) is 38.6 Å². The van der Waals surface area contributed by atoms with E-state index in [1.807, 2.05) is 55.5 Å². The van der Waals surface area contributed by atoms with Crippen molar-refractivity contribution in [1.29, 1.82) is 0 Å². The second-order valence-corrected chi connectivity index (χ2v) is 8.40. The highest BCUT2D eigenvalue weighted by molar-refractivity contribution is 6.30. The Labute approximate surface area is 196 Å². The highest BCUT2D eigenvalue weighted by Crippen LogP contribution is 2.38. The third-order valence-corrected chi connectivity index (χ3v) is 6.00. The number of hydrazone groups is 1. The molecule has 7 nitrogen and oxygen atoms in total. The van der Waals surface area contributed by atoms with Crippen molar-refractivity contribution in [1.82, 2.24) is 9.99 Å². The fraction of sp³-hybridized carbons (Fsp3) is 0.280. The van der Waals surface area contributed by atoms with Crippen LogP contribution in [0.15, 0.2) is 53.6 Å². The first kappa shape index (κ1) is 22.7. The van der Waals surface area contributed by atoms with Crippen LogP contribution < -0.4 is 4.74 Å². The number of methoxy groups -OCH3 is 1.